The highest BCUT2D eigenvalue weighted by Crippen LogP contribution is 2.25. The zero-order chi connectivity index (χ0) is 23.0. The van der Waals surface area contributed by atoms with Gasteiger partial charge in [0.2, 0.25) is 5.91 Å². The third-order valence-electron chi connectivity index (χ3n) is 6.07. The highest BCUT2D eigenvalue weighted by atomic mass is 16.5. The molecule has 3 aromatic rings. The van der Waals surface area contributed by atoms with Crippen molar-refractivity contribution >= 4 is 11.9 Å². The summed E-state index contributed by atoms with van der Waals surface area (Å²) in [6.45, 7) is 1.18. The molecule has 1 aliphatic rings. The van der Waals surface area contributed by atoms with Gasteiger partial charge in [0, 0.05) is 19.5 Å². The van der Waals surface area contributed by atoms with E-state index in [0.717, 1.165) is 23.1 Å². The number of benzene rings is 3. The van der Waals surface area contributed by atoms with E-state index >= 15 is 0 Å². The van der Waals surface area contributed by atoms with Gasteiger partial charge in [-0.25, -0.2) is 0 Å². The Kier molecular flexibility index (Phi) is 7.16. The number of likely N-dealkylation sites (tertiary alicyclic amines) is 1. The Balaban J connectivity index is 1.25. The maximum Gasteiger partial charge on any atom is 0.314 e. The minimum Gasteiger partial charge on any atom is -0.426 e. The summed E-state index contributed by atoms with van der Waals surface area (Å²) in [6.07, 6.45) is 2.48. The van der Waals surface area contributed by atoms with E-state index in [4.69, 9.17) is 10.00 Å². The van der Waals surface area contributed by atoms with Crippen LogP contribution in [-0.4, -0.2) is 29.9 Å². The molecule has 3 aromatic carbocycles. The van der Waals surface area contributed by atoms with Gasteiger partial charge < -0.3 is 9.64 Å². The summed E-state index contributed by atoms with van der Waals surface area (Å²) in [5, 5.41) is 8.92. The molecule has 0 spiro atoms. The number of aryl methyl sites for hydroxylation is 1. The summed E-state index contributed by atoms with van der Waals surface area (Å²) in [7, 11) is 0. The lowest BCUT2D eigenvalue weighted by atomic mass is 9.96. The van der Waals surface area contributed by atoms with Crippen molar-refractivity contribution in [2.75, 3.05) is 13.1 Å². The molecule has 0 saturated carbocycles. The molecule has 33 heavy (non-hydrogen) atoms. The Morgan fingerprint density at radius 1 is 0.879 bits per heavy atom. The number of rotatable bonds is 6. The summed E-state index contributed by atoms with van der Waals surface area (Å²) in [4.78, 5) is 27.0. The van der Waals surface area contributed by atoms with E-state index in [2.05, 4.69) is 6.07 Å². The Labute approximate surface area is 194 Å². The molecular formula is C28H26N2O3. The molecule has 5 nitrogen and oxygen atoms in total. The van der Waals surface area contributed by atoms with Gasteiger partial charge in [-0.3, -0.25) is 9.59 Å². The van der Waals surface area contributed by atoms with Crippen molar-refractivity contribution in [2.24, 2.45) is 5.92 Å². The van der Waals surface area contributed by atoms with Gasteiger partial charge in [0.1, 0.15) is 5.75 Å². The first kappa shape index (κ1) is 22.3. The third kappa shape index (κ3) is 5.87. The minimum absolute atomic E-state index is 0.143. The van der Waals surface area contributed by atoms with Gasteiger partial charge in [0.25, 0.3) is 0 Å². The lowest BCUT2D eigenvalue weighted by Gasteiger charge is -2.31. The highest BCUT2D eigenvalue weighted by molar-refractivity contribution is 5.78. The number of carbonyl (C=O) groups is 2. The van der Waals surface area contributed by atoms with E-state index < -0.39 is 0 Å². The molecule has 166 valence electrons. The number of carbonyl (C=O) groups excluding carboxylic acids is 2. The van der Waals surface area contributed by atoms with Crippen molar-refractivity contribution in [3.05, 3.63) is 90.0 Å². The fourth-order valence-corrected chi connectivity index (χ4v) is 4.07. The number of amides is 1. The average molecular weight is 439 g/mol. The van der Waals surface area contributed by atoms with Crippen LogP contribution in [0.4, 0.5) is 0 Å². The van der Waals surface area contributed by atoms with E-state index in [9.17, 15) is 9.59 Å². The van der Waals surface area contributed by atoms with Gasteiger partial charge in [-0.1, -0.05) is 54.6 Å². The van der Waals surface area contributed by atoms with Crippen LogP contribution in [0.1, 0.15) is 30.4 Å². The van der Waals surface area contributed by atoms with Crippen molar-refractivity contribution in [1.82, 2.24) is 4.90 Å². The van der Waals surface area contributed by atoms with Crippen LogP contribution < -0.4 is 4.74 Å². The van der Waals surface area contributed by atoms with Gasteiger partial charge in [0.15, 0.2) is 0 Å². The lowest BCUT2D eigenvalue weighted by Crippen LogP contribution is -2.41. The van der Waals surface area contributed by atoms with Crippen LogP contribution >= 0.6 is 0 Å². The van der Waals surface area contributed by atoms with E-state index in [1.807, 2.05) is 59.5 Å². The second-order valence-corrected chi connectivity index (χ2v) is 8.28. The number of ether oxygens (including phenoxy) is 1. The monoisotopic (exact) mass is 438 g/mol. The predicted octanol–water partition coefficient (Wildman–Crippen LogP) is 5.00. The molecule has 0 aromatic heterocycles. The summed E-state index contributed by atoms with van der Waals surface area (Å²) in [6, 6.07) is 26.8. The molecule has 0 radical (unpaired) electrons. The van der Waals surface area contributed by atoms with E-state index in [0.29, 0.717) is 43.7 Å². The highest BCUT2D eigenvalue weighted by Gasteiger charge is 2.28. The molecular weight excluding hydrogens is 412 g/mol. The second kappa shape index (κ2) is 10.6. The van der Waals surface area contributed by atoms with E-state index in [1.54, 1.807) is 24.3 Å². The fourth-order valence-electron chi connectivity index (χ4n) is 4.07. The second-order valence-electron chi connectivity index (χ2n) is 8.28. The topological polar surface area (TPSA) is 70.4 Å². The van der Waals surface area contributed by atoms with Crippen LogP contribution in [-0.2, 0) is 16.0 Å². The fraction of sp³-hybridized carbons (Fsp3) is 0.250. The van der Waals surface area contributed by atoms with Gasteiger partial charge >= 0.3 is 5.97 Å². The molecule has 1 heterocycles. The van der Waals surface area contributed by atoms with Gasteiger partial charge in [-0.15, -0.1) is 0 Å². The maximum absolute atomic E-state index is 12.6. The Bertz CT molecular complexity index is 1120. The lowest BCUT2D eigenvalue weighted by molar-refractivity contribution is -0.143. The normalized spacial score (nSPS) is 13.8. The summed E-state index contributed by atoms with van der Waals surface area (Å²) < 4.78 is 5.60. The number of nitrogens with zero attached hydrogens (tertiary/aromatic N) is 2. The number of nitriles is 1. The van der Waals surface area contributed by atoms with Crippen LogP contribution in [0.5, 0.6) is 5.75 Å². The molecule has 5 heteroatoms. The van der Waals surface area contributed by atoms with Crippen LogP contribution in [0.3, 0.4) is 0 Å². The summed E-state index contributed by atoms with van der Waals surface area (Å²) in [5.41, 5.74) is 3.76. The zero-order valence-corrected chi connectivity index (χ0v) is 18.4. The first-order chi connectivity index (χ1) is 16.1. The molecule has 1 amide bonds. The molecule has 0 atom stereocenters. The maximum atomic E-state index is 12.6. The largest absolute Gasteiger partial charge is 0.426 e. The minimum atomic E-state index is -0.238. The smallest absolute Gasteiger partial charge is 0.314 e. The molecule has 1 saturated heterocycles. The van der Waals surface area contributed by atoms with E-state index in [1.165, 1.54) is 0 Å². The number of hydrogen-bond acceptors (Lipinski definition) is 4. The number of esters is 1. The standard InChI is InChI=1S/C28H26N2O3/c29-20-22-6-9-23(10-7-22)24-11-13-26(14-12-24)33-28(32)25-16-18-30(19-17-25)27(31)15-8-21-4-2-1-3-5-21/h1-7,9-14,25H,8,15-19H2. The number of hydrogen-bond donors (Lipinski definition) is 0. The van der Waals surface area contributed by atoms with Crippen molar-refractivity contribution in [1.29, 1.82) is 5.26 Å². The predicted molar refractivity (Wildman–Crippen MR) is 126 cm³/mol. The van der Waals surface area contributed by atoms with Crippen molar-refractivity contribution in [2.45, 2.75) is 25.7 Å². The first-order valence-electron chi connectivity index (χ1n) is 11.3. The Morgan fingerprint density at radius 3 is 2.09 bits per heavy atom. The molecule has 0 bridgehead atoms. The number of piperidine rings is 1. The molecule has 0 aliphatic carbocycles. The van der Waals surface area contributed by atoms with Crippen LogP contribution in [0.2, 0.25) is 0 Å². The van der Waals surface area contributed by atoms with Crippen LogP contribution in [0.25, 0.3) is 11.1 Å². The SMILES string of the molecule is N#Cc1ccc(-c2ccc(OC(=O)C3CCN(C(=O)CCc4ccccc4)CC3)cc2)cc1. The van der Waals surface area contributed by atoms with Crippen LogP contribution in [0.15, 0.2) is 78.9 Å². The van der Waals surface area contributed by atoms with E-state index in [-0.39, 0.29) is 17.8 Å². The molecule has 0 N–H and O–H groups in total. The Hall–Kier alpha value is -3.91. The van der Waals surface area contributed by atoms with Crippen molar-refractivity contribution in [3.8, 4) is 22.9 Å². The summed E-state index contributed by atoms with van der Waals surface area (Å²) in [5.74, 6) is 0.224. The average Bonchev–Trinajstić information content (AvgIpc) is 2.88. The molecule has 1 aliphatic heterocycles. The molecule has 1 fully saturated rings. The Morgan fingerprint density at radius 2 is 1.48 bits per heavy atom. The summed E-state index contributed by atoms with van der Waals surface area (Å²) >= 11 is 0. The van der Waals surface area contributed by atoms with Gasteiger partial charge in [-0.05, 0) is 60.2 Å². The first-order valence-corrected chi connectivity index (χ1v) is 11.3. The quantitative estimate of drug-likeness (QED) is 0.401. The molecule has 4 rings (SSSR count). The van der Waals surface area contributed by atoms with Crippen molar-refractivity contribution in [3.63, 3.8) is 0 Å². The molecule has 0 unspecified atom stereocenters. The van der Waals surface area contributed by atoms with Crippen LogP contribution in [0, 0.1) is 17.2 Å². The van der Waals surface area contributed by atoms with Crippen molar-refractivity contribution < 1.29 is 14.3 Å². The third-order valence-corrected chi connectivity index (χ3v) is 6.07. The zero-order valence-electron chi connectivity index (χ0n) is 18.4. The van der Waals surface area contributed by atoms with Gasteiger partial charge in [-0.2, -0.15) is 5.26 Å². The van der Waals surface area contributed by atoms with Gasteiger partial charge in [0.05, 0.1) is 17.6 Å².